The third-order valence-corrected chi connectivity index (χ3v) is 4.98. The molecule has 0 rings (SSSR count). The van der Waals surface area contributed by atoms with Gasteiger partial charge in [0.1, 0.15) is 5.78 Å². The lowest BCUT2D eigenvalue weighted by Crippen LogP contribution is -2.26. The van der Waals surface area contributed by atoms with Gasteiger partial charge in [0, 0.05) is 49.4 Å². The van der Waals surface area contributed by atoms with Gasteiger partial charge < -0.3 is 10.6 Å². The van der Waals surface area contributed by atoms with Gasteiger partial charge >= 0.3 is 0 Å². The molecule has 4 nitrogen and oxygen atoms in total. The average Bonchev–Trinajstić information content (AvgIpc) is 2.38. The molecule has 0 spiro atoms. The predicted octanol–water partition coefficient (Wildman–Crippen LogP) is 2.49. The first-order chi connectivity index (χ1) is 9.43. The van der Waals surface area contributed by atoms with Gasteiger partial charge in [-0.2, -0.15) is 0 Å². The monoisotopic (exact) mass is 320 g/mol. The second-order valence-corrected chi connectivity index (χ2v) is 7.93. The summed E-state index contributed by atoms with van der Waals surface area (Å²) in [5.41, 5.74) is 0. The first kappa shape index (κ1) is 19.8. The topological polar surface area (TPSA) is 58.2 Å². The predicted molar refractivity (Wildman–Crippen MR) is 90.1 cm³/mol. The minimum absolute atomic E-state index is 0.0222. The van der Waals surface area contributed by atoms with Crippen LogP contribution in [0.25, 0.3) is 0 Å². The third kappa shape index (κ3) is 12.8. The van der Waals surface area contributed by atoms with Crippen molar-refractivity contribution in [2.45, 2.75) is 46.6 Å². The average molecular weight is 321 g/mol. The van der Waals surface area contributed by atoms with Gasteiger partial charge in [0.2, 0.25) is 5.91 Å². The summed E-state index contributed by atoms with van der Waals surface area (Å²) in [6.07, 6.45) is 0.666. The van der Waals surface area contributed by atoms with Crippen molar-refractivity contribution < 1.29 is 9.59 Å². The summed E-state index contributed by atoms with van der Waals surface area (Å²) in [5.74, 6) is 2.12. The lowest BCUT2D eigenvalue weighted by atomic mass is 10.0. The van der Waals surface area contributed by atoms with E-state index in [-0.39, 0.29) is 17.6 Å². The van der Waals surface area contributed by atoms with E-state index in [1.165, 1.54) is 0 Å². The van der Waals surface area contributed by atoms with Crippen molar-refractivity contribution >= 4 is 33.3 Å². The summed E-state index contributed by atoms with van der Waals surface area (Å²) in [7, 11) is 3.59. The maximum atomic E-state index is 11.5. The number of carbonyl (C=O) groups is 2. The van der Waals surface area contributed by atoms with Gasteiger partial charge in [-0.25, -0.2) is 0 Å². The van der Waals surface area contributed by atoms with Gasteiger partial charge in [-0.15, -0.1) is 0 Å². The lowest BCUT2D eigenvalue weighted by molar-refractivity contribution is -0.126. The Hall–Kier alpha value is -0.200. The normalized spacial score (nSPS) is 11.1. The quantitative estimate of drug-likeness (QED) is 0.427. The molecule has 0 atom stereocenters. The van der Waals surface area contributed by atoms with Crippen LogP contribution >= 0.6 is 21.6 Å². The Kier molecular flexibility index (Phi) is 12.4. The molecule has 0 radical (unpaired) electrons. The van der Waals surface area contributed by atoms with Crippen LogP contribution in [0.5, 0.6) is 0 Å². The van der Waals surface area contributed by atoms with Crippen LogP contribution in [-0.2, 0) is 9.59 Å². The van der Waals surface area contributed by atoms with Crippen LogP contribution < -0.4 is 10.6 Å². The molecule has 0 fully saturated rings. The van der Waals surface area contributed by atoms with Crippen molar-refractivity contribution in [2.75, 3.05) is 24.6 Å². The number of nitrogens with one attached hydrogen (secondary N) is 2. The smallest absolute Gasteiger partial charge is 0.220 e. The molecule has 0 saturated heterocycles. The minimum atomic E-state index is -0.0222. The molecule has 1 amide bonds. The van der Waals surface area contributed by atoms with Crippen LogP contribution in [0, 0.1) is 5.92 Å². The Labute approximate surface area is 131 Å². The number of Topliss-reactive ketones (excluding diaryl/α,β-unsaturated/α-hetero) is 1. The summed E-state index contributed by atoms with van der Waals surface area (Å²) >= 11 is 0. The molecule has 0 saturated carbocycles. The highest BCUT2D eigenvalue weighted by molar-refractivity contribution is 8.76. The van der Waals surface area contributed by atoms with Gasteiger partial charge in [-0.05, 0) is 0 Å². The van der Waals surface area contributed by atoms with Crippen molar-refractivity contribution in [2.24, 2.45) is 5.92 Å². The van der Waals surface area contributed by atoms with E-state index in [0.717, 1.165) is 18.1 Å². The molecule has 0 aliphatic carbocycles. The molecule has 6 heteroatoms. The van der Waals surface area contributed by atoms with Crippen molar-refractivity contribution in [3.8, 4) is 0 Å². The van der Waals surface area contributed by atoms with Crippen LogP contribution in [0.15, 0.2) is 0 Å². The van der Waals surface area contributed by atoms with E-state index in [4.69, 9.17) is 0 Å². The molecule has 0 aromatic rings. The van der Waals surface area contributed by atoms with Crippen LogP contribution in [-0.4, -0.2) is 42.3 Å². The molecular formula is C14H28N2O2S2. The Balaban J connectivity index is 3.34. The Morgan fingerprint density at radius 1 is 0.950 bits per heavy atom. The summed E-state index contributed by atoms with van der Waals surface area (Å²) in [6, 6.07) is 0.536. The summed E-state index contributed by atoms with van der Waals surface area (Å²) in [4.78, 5) is 22.9. The molecular weight excluding hydrogens is 292 g/mol. The fraction of sp³-hybridized carbons (Fsp3) is 0.857. The summed E-state index contributed by atoms with van der Waals surface area (Å²) in [5, 5.41) is 6.20. The molecule has 0 heterocycles. The molecule has 0 bridgehead atoms. The highest BCUT2D eigenvalue weighted by atomic mass is 33.1. The van der Waals surface area contributed by atoms with E-state index in [1.54, 1.807) is 10.8 Å². The Morgan fingerprint density at radius 3 is 2.10 bits per heavy atom. The standard InChI is InChI=1S/C14H28N2O2S2/c1-11(2)13(17)5-6-14(18)16-8-10-20-19-9-7-15-12(3)4/h11-12,15H,5-10H2,1-4H3,(H,16,18). The van der Waals surface area contributed by atoms with Gasteiger partial charge in [0.05, 0.1) is 0 Å². The number of rotatable bonds is 12. The lowest BCUT2D eigenvalue weighted by Gasteiger charge is -2.07. The van der Waals surface area contributed by atoms with E-state index in [0.29, 0.717) is 25.4 Å². The summed E-state index contributed by atoms with van der Waals surface area (Å²) in [6.45, 7) is 9.68. The van der Waals surface area contributed by atoms with Crippen LogP contribution in [0.2, 0.25) is 0 Å². The highest BCUT2D eigenvalue weighted by Gasteiger charge is 2.09. The van der Waals surface area contributed by atoms with Gasteiger partial charge in [-0.1, -0.05) is 49.3 Å². The van der Waals surface area contributed by atoms with Gasteiger partial charge in [0.15, 0.2) is 0 Å². The first-order valence-electron chi connectivity index (χ1n) is 7.20. The fourth-order valence-electron chi connectivity index (χ4n) is 1.35. The molecule has 2 N–H and O–H groups in total. The van der Waals surface area contributed by atoms with Crippen molar-refractivity contribution in [1.82, 2.24) is 10.6 Å². The molecule has 0 aromatic heterocycles. The van der Waals surface area contributed by atoms with Crippen LogP contribution in [0.1, 0.15) is 40.5 Å². The second-order valence-electron chi connectivity index (χ2n) is 5.22. The van der Waals surface area contributed by atoms with Gasteiger partial charge in [-0.3, -0.25) is 9.59 Å². The highest BCUT2D eigenvalue weighted by Crippen LogP contribution is 2.19. The molecule has 118 valence electrons. The maximum Gasteiger partial charge on any atom is 0.220 e. The number of hydrogen-bond donors (Lipinski definition) is 2. The third-order valence-electron chi connectivity index (χ3n) is 2.57. The maximum absolute atomic E-state index is 11.5. The van der Waals surface area contributed by atoms with Gasteiger partial charge in [0.25, 0.3) is 0 Å². The number of ketones is 1. The van der Waals surface area contributed by atoms with Crippen LogP contribution in [0.4, 0.5) is 0 Å². The number of hydrogen-bond acceptors (Lipinski definition) is 5. The number of amides is 1. The van der Waals surface area contributed by atoms with Crippen molar-refractivity contribution in [3.63, 3.8) is 0 Å². The molecule has 0 aromatic carbocycles. The Bertz CT molecular complexity index is 284. The second kappa shape index (κ2) is 12.5. The number of carbonyl (C=O) groups excluding carboxylic acids is 2. The summed E-state index contributed by atoms with van der Waals surface area (Å²) < 4.78 is 0. The zero-order valence-corrected chi connectivity index (χ0v) is 14.7. The van der Waals surface area contributed by atoms with Crippen molar-refractivity contribution in [3.05, 3.63) is 0 Å². The van der Waals surface area contributed by atoms with E-state index in [9.17, 15) is 9.59 Å². The van der Waals surface area contributed by atoms with Crippen LogP contribution in [0.3, 0.4) is 0 Å². The van der Waals surface area contributed by atoms with E-state index < -0.39 is 0 Å². The van der Waals surface area contributed by atoms with E-state index >= 15 is 0 Å². The zero-order chi connectivity index (χ0) is 15.4. The molecule has 0 aliphatic heterocycles. The SMILES string of the molecule is CC(C)NCCSSCCNC(=O)CCC(=O)C(C)C. The molecule has 20 heavy (non-hydrogen) atoms. The van der Waals surface area contributed by atoms with E-state index in [2.05, 4.69) is 24.5 Å². The molecule has 0 aliphatic rings. The van der Waals surface area contributed by atoms with E-state index in [1.807, 2.05) is 24.6 Å². The first-order valence-corrected chi connectivity index (χ1v) is 9.69. The fourth-order valence-corrected chi connectivity index (χ4v) is 3.18. The minimum Gasteiger partial charge on any atom is -0.355 e. The Morgan fingerprint density at radius 2 is 1.55 bits per heavy atom. The molecule has 0 unspecified atom stereocenters. The zero-order valence-electron chi connectivity index (χ0n) is 13.0. The van der Waals surface area contributed by atoms with Crippen molar-refractivity contribution in [1.29, 1.82) is 0 Å². The largest absolute Gasteiger partial charge is 0.355 e.